The molecule has 2 nitrogen and oxygen atoms in total. The van der Waals surface area contributed by atoms with E-state index in [-0.39, 0.29) is 11.5 Å². The molecule has 0 aromatic carbocycles. The van der Waals surface area contributed by atoms with Crippen molar-refractivity contribution in [1.29, 1.82) is 0 Å². The maximum Gasteiger partial charge on any atom is 0.137 e. The molecular weight excluding hydrogens is 234 g/mol. The first-order chi connectivity index (χ1) is 8.92. The summed E-state index contributed by atoms with van der Waals surface area (Å²) < 4.78 is 0. The summed E-state index contributed by atoms with van der Waals surface area (Å²) in [6, 6.07) is 0.393. The minimum atomic E-state index is -0.0352. The molecule has 0 aromatic rings. The first-order valence-electron chi connectivity index (χ1n) is 7.68. The highest BCUT2D eigenvalue weighted by Gasteiger charge is 2.57. The number of allylic oxidation sites excluding steroid dienone is 1. The fourth-order valence-corrected chi connectivity index (χ4v) is 3.22. The van der Waals surface area contributed by atoms with Crippen LogP contribution >= 0.6 is 0 Å². The van der Waals surface area contributed by atoms with Crippen LogP contribution in [0.25, 0.3) is 0 Å². The molecule has 108 valence electrons. The Bertz CT molecular complexity index is 354. The van der Waals surface area contributed by atoms with Crippen LogP contribution in [0.15, 0.2) is 11.1 Å². The summed E-state index contributed by atoms with van der Waals surface area (Å²) in [5.74, 6) is 0.497. The molecule has 0 amide bonds. The second-order valence-corrected chi connectivity index (χ2v) is 6.15. The van der Waals surface area contributed by atoms with E-state index in [4.69, 9.17) is 0 Å². The summed E-state index contributed by atoms with van der Waals surface area (Å²) in [5, 5.41) is 3.60. The van der Waals surface area contributed by atoms with Crippen LogP contribution in [0.4, 0.5) is 0 Å². The van der Waals surface area contributed by atoms with Crippen LogP contribution in [0.2, 0.25) is 0 Å². The highest BCUT2D eigenvalue weighted by atomic mass is 16.1. The van der Waals surface area contributed by atoms with Gasteiger partial charge < -0.3 is 5.32 Å². The van der Waals surface area contributed by atoms with Gasteiger partial charge in [-0.3, -0.25) is 4.79 Å². The van der Waals surface area contributed by atoms with Crippen molar-refractivity contribution in [1.82, 2.24) is 5.32 Å². The summed E-state index contributed by atoms with van der Waals surface area (Å²) in [6.07, 6.45) is 4.66. The number of nitrogens with one attached hydrogen (secondary N) is 1. The highest BCUT2D eigenvalue weighted by Crippen LogP contribution is 2.43. The van der Waals surface area contributed by atoms with Crippen LogP contribution in [0, 0.1) is 12.8 Å². The summed E-state index contributed by atoms with van der Waals surface area (Å²) in [6.45, 7) is 14.7. The predicted molar refractivity (Wildman–Crippen MR) is 82.0 cm³/mol. The van der Waals surface area contributed by atoms with E-state index in [1.165, 1.54) is 11.1 Å². The quantitative estimate of drug-likeness (QED) is 0.408. The van der Waals surface area contributed by atoms with Gasteiger partial charge in [0, 0.05) is 23.9 Å². The van der Waals surface area contributed by atoms with E-state index in [0.29, 0.717) is 18.2 Å². The Kier molecular flexibility index (Phi) is 5.66. The molecule has 0 bridgehead atoms. The number of ketones is 1. The van der Waals surface area contributed by atoms with E-state index < -0.39 is 0 Å². The summed E-state index contributed by atoms with van der Waals surface area (Å²) in [7, 11) is 0. The van der Waals surface area contributed by atoms with Gasteiger partial charge in [-0.2, -0.15) is 0 Å². The lowest BCUT2D eigenvalue weighted by molar-refractivity contribution is -0.123. The lowest BCUT2D eigenvalue weighted by Gasteiger charge is -2.21. The number of carbonyl (C=O) groups is 1. The Morgan fingerprint density at radius 1 is 1.37 bits per heavy atom. The first kappa shape index (κ1) is 16.3. The Labute approximate surface area is 119 Å². The molecule has 2 heteroatoms. The second-order valence-electron chi connectivity index (χ2n) is 6.15. The van der Waals surface area contributed by atoms with E-state index in [1.54, 1.807) is 0 Å². The highest BCUT2D eigenvalue weighted by molar-refractivity contribution is 5.83. The van der Waals surface area contributed by atoms with Crippen molar-refractivity contribution < 1.29 is 4.79 Å². The smallest absolute Gasteiger partial charge is 0.137 e. The Hall–Kier alpha value is -0.760. The molecule has 1 fully saturated rings. The van der Waals surface area contributed by atoms with Gasteiger partial charge in [0.05, 0.1) is 13.3 Å². The average Bonchev–Trinajstić information content (AvgIpc) is 3.04. The van der Waals surface area contributed by atoms with E-state index in [9.17, 15) is 4.79 Å². The number of Topliss-reactive ketones (excluding diaryl/α,β-unsaturated/α-hetero) is 1. The van der Waals surface area contributed by atoms with Crippen molar-refractivity contribution >= 4 is 5.78 Å². The van der Waals surface area contributed by atoms with Gasteiger partial charge in [0.25, 0.3) is 0 Å². The van der Waals surface area contributed by atoms with Crippen molar-refractivity contribution in [3.8, 4) is 0 Å². The minimum Gasteiger partial charge on any atom is -0.301 e. The van der Waals surface area contributed by atoms with Gasteiger partial charge in [-0.05, 0) is 33.6 Å². The molecule has 0 aromatic heterocycles. The number of carbonyl (C=O) groups excluding carboxylic acids is 1. The number of hydrogen-bond acceptors (Lipinski definition) is 2. The van der Waals surface area contributed by atoms with Crippen LogP contribution < -0.4 is 5.32 Å². The van der Waals surface area contributed by atoms with Crippen LogP contribution in [0.3, 0.4) is 0 Å². The monoisotopic (exact) mass is 264 g/mol. The van der Waals surface area contributed by atoms with Crippen molar-refractivity contribution in [3.63, 3.8) is 0 Å². The van der Waals surface area contributed by atoms with Crippen LogP contribution in [0.5, 0.6) is 0 Å². The van der Waals surface area contributed by atoms with Gasteiger partial charge in [0.1, 0.15) is 5.78 Å². The van der Waals surface area contributed by atoms with Crippen molar-refractivity contribution in [2.75, 3.05) is 0 Å². The topological polar surface area (TPSA) is 39.0 Å². The van der Waals surface area contributed by atoms with Gasteiger partial charge in [0.15, 0.2) is 0 Å². The van der Waals surface area contributed by atoms with Gasteiger partial charge in [0.2, 0.25) is 0 Å². The normalized spacial score (nSPS) is 26.9. The molecule has 1 saturated heterocycles. The molecule has 0 aliphatic carbocycles. The van der Waals surface area contributed by atoms with Gasteiger partial charge >= 0.3 is 0 Å². The maximum absolute atomic E-state index is 12.2. The van der Waals surface area contributed by atoms with E-state index in [1.807, 2.05) is 6.92 Å². The van der Waals surface area contributed by atoms with Gasteiger partial charge in [-0.25, -0.2) is 0 Å². The molecule has 1 heterocycles. The molecule has 3 atom stereocenters. The molecule has 0 saturated carbocycles. The lowest BCUT2D eigenvalue weighted by Crippen LogP contribution is -2.32. The maximum atomic E-state index is 12.2. The summed E-state index contributed by atoms with van der Waals surface area (Å²) >= 11 is 0. The van der Waals surface area contributed by atoms with Crippen molar-refractivity contribution in [3.05, 3.63) is 18.1 Å². The van der Waals surface area contributed by atoms with E-state index in [0.717, 1.165) is 25.7 Å². The average molecular weight is 264 g/mol. The van der Waals surface area contributed by atoms with Gasteiger partial charge in [-0.15, -0.1) is 0 Å². The van der Waals surface area contributed by atoms with Crippen molar-refractivity contribution in [2.24, 2.45) is 5.92 Å². The molecule has 19 heavy (non-hydrogen) atoms. The third kappa shape index (κ3) is 3.42. The third-order valence-corrected chi connectivity index (χ3v) is 4.44. The standard InChI is InChI=1S/C17H30NO/c1-7-10-13(12(4)5)16-17(6,18-16)14(11-8-2)15(19)9-3/h14,16,18H,2,7-11H2,1,3-6H3/q+1. The number of rotatable bonds is 8. The molecule has 1 aliphatic rings. The zero-order chi connectivity index (χ0) is 14.6. The largest absolute Gasteiger partial charge is 0.301 e. The fraction of sp³-hybridized carbons (Fsp3) is 0.765. The Morgan fingerprint density at radius 3 is 2.42 bits per heavy atom. The SMILES string of the molecule is [CH2+]CCC(C(=O)CC)C1(C)NC1C(CCC)=C(C)C. The zero-order valence-electron chi connectivity index (χ0n) is 13.3. The molecule has 0 radical (unpaired) electrons. The molecule has 1 N–H and O–H groups in total. The Balaban J connectivity index is 2.89. The fourth-order valence-electron chi connectivity index (χ4n) is 3.22. The van der Waals surface area contributed by atoms with E-state index in [2.05, 4.69) is 39.9 Å². The zero-order valence-corrected chi connectivity index (χ0v) is 13.3. The summed E-state index contributed by atoms with van der Waals surface area (Å²) in [4.78, 5) is 12.2. The van der Waals surface area contributed by atoms with Crippen LogP contribution in [0.1, 0.15) is 66.7 Å². The minimum absolute atomic E-state index is 0.0352. The first-order valence-corrected chi connectivity index (χ1v) is 7.68. The molecule has 1 rings (SSSR count). The summed E-state index contributed by atoms with van der Waals surface area (Å²) in [5.41, 5.74) is 2.87. The second kappa shape index (κ2) is 6.60. The molecule has 0 spiro atoms. The van der Waals surface area contributed by atoms with Gasteiger partial charge in [-0.1, -0.05) is 31.4 Å². The molecule has 1 aliphatic heterocycles. The predicted octanol–water partition coefficient (Wildman–Crippen LogP) is 4.06. The van der Waals surface area contributed by atoms with Crippen molar-refractivity contribution in [2.45, 2.75) is 78.3 Å². The molecular formula is C17H30NO+. The molecule has 3 unspecified atom stereocenters. The Morgan fingerprint density at radius 2 is 2.00 bits per heavy atom. The third-order valence-electron chi connectivity index (χ3n) is 4.44. The number of hydrogen-bond donors (Lipinski definition) is 1. The van der Waals surface area contributed by atoms with Crippen LogP contribution in [-0.4, -0.2) is 17.4 Å². The lowest BCUT2D eigenvalue weighted by atomic mass is 9.80. The van der Waals surface area contributed by atoms with Crippen LogP contribution in [-0.2, 0) is 4.79 Å². The van der Waals surface area contributed by atoms with E-state index >= 15 is 0 Å².